The van der Waals surface area contributed by atoms with E-state index in [-0.39, 0.29) is 11.8 Å². The average molecular weight is 376 g/mol. The Hall–Kier alpha value is -1.75. The van der Waals surface area contributed by atoms with E-state index in [2.05, 4.69) is 15.2 Å². The van der Waals surface area contributed by atoms with E-state index in [9.17, 15) is 4.79 Å². The van der Waals surface area contributed by atoms with Crippen LogP contribution < -0.4 is 10.2 Å². The normalized spacial score (nSPS) is 20.3. The molecule has 1 aromatic carbocycles. The number of nitrogens with one attached hydrogen (secondary N) is 1. The van der Waals surface area contributed by atoms with E-state index >= 15 is 0 Å². The Morgan fingerprint density at radius 1 is 1.12 bits per heavy atom. The average Bonchev–Trinajstić information content (AvgIpc) is 2.90. The summed E-state index contributed by atoms with van der Waals surface area (Å²) in [5, 5.41) is 3.96. The van der Waals surface area contributed by atoms with Gasteiger partial charge < -0.3 is 14.6 Å². The minimum absolute atomic E-state index is 0.105. The largest absolute Gasteiger partial charge is 0.423 e. The summed E-state index contributed by atoms with van der Waals surface area (Å²) in [6.07, 6.45) is 9.05. The first-order valence-corrected chi connectivity index (χ1v) is 10.2. The molecule has 1 aromatic heterocycles. The van der Waals surface area contributed by atoms with Crippen molar-refractivity contribution in [1.82, 2.24) is 10.3 Å². The molecule has 1 saturated heterocycles. The smallest absolute Gasteiger partial charge is 0.298 e. The lowest BCUT2D eigenvalue weighted by atomic mass is 9.95. The Morgan fingerprint density at radius 3 is 2.58 bits per heavy atom. The van der Waals surface area contributed by atoms with Gasteiger partial charge in [-0.2, -0.15) is 4.98 Å². The van der Waals surface area contributed by atoms with Crippen LogP contribution in [0.25, 0.3) is 11.1 Å². The van der Waals surface area contributed by atoms with Crippen LogP contribution in [0.4, 0.5) is 6.01 Å². The Labute approximate surface area is 159 Å². The van der Waals surface area contributed by atoms with Crippen molar-refractivity contribution in [2.45, 2.75) is 57.4 Å². The third kappa shape index (κ3) is 3.98. The Balaban J connectivity index is 1.33. The van der Waals surface area contributed by atoms with Crippen LogP contribution in [-0.4, -0.2) is 30.0 Å². The van der Waals surface area contributed by atoms with E-state index in [1.54, 1.807) is 0 Å². The third-order valence-electron chi connectivity index (χ3n) is 5.68. The maximum atomic E-state index is 12.6. The van der Waals surface area contributed by atoms with E-state index in [1.807, 2.05) is 18.2 Å². The summed E-state index contributed by atoms with van der Waals surface area (Å²) in [4.78, 5) is 19.3. The molecule has 1 aliphatic carbocycles. The number of halogens is 1. The Kier molecular flexibility index (Phi) is 5.34. The van der Waals surface area contributed by atoms with Gasteiger partial charge in [-0.15, -0.1) is 0 Å². The van der Waals surface area contributed by atoms with Crippen molar-refractivity contribution in [3.8, 4) is 0 Å². The molecule has 2 fully saturated rings. The van der Waals surface area contributed by atoms with Crippen LogP contribution in [0.15, 0.2) is 22.6 Å². The standard InChI is InChI=1S/C20H26ClN3O2/c21-15-7-8-18-17(13-15)23-20(26-18)24-11-9-14(10-12-24)19(25)22-16-5-3-1-2-4-6-16/h7-8,13-14,16H,1-6,9-12H2,(H,22,25). The molecule has 140 valence electrons. The predicted molar refractivity (Wildman–Crippen MR) is 104 cm³/mol. The van der Waals surface area contributed by atoms with Gasteiger partial charge >= 0.3 is 0 Å². The van der Waals surface area contributed by atoms with Crippen LogP contribution in [-0.2, 0) is 4.79 Å². The van der Waals surface area contributed by atoms with Crippen molar-refractivity contribution < 1.29 is 9.21 Å². The van der Waals surface area contributed by atoms with Crippen molar-refractivity contribution in [3.63, 3.8) is 0 Å². The van der Waals surface area contributed by atoms with Gasteiger partial charge in [-0.05, 0) is 43.9 Å². The molecule has 0 bridgehead atoms. The number of piperidine rings is 1. The van der Waals surface area contributed by atoms with Gasteiger partial charge in [0.1, 0.15) is 5.52 Å². The number of carbonyl (C=O) groups is 1. The molecule has 6 heteroatoms. The fourth-order valence-electron chi connectivity index (χ4n) is 4.10. The van der Waals surface area contributed by atoms with Gasteiger partial charge in [0.2, 0.25) is 5.91 Å². The topological polar surface area (TPSA) is 58.4 Å². The maximum absolute atomic E-state index is 12.6. The van der Waals surface area contributed by atoms with E-state index in [0.29, 0.717) is 17.1 Å². The lowest BCUT2D eigenvalue weighted by Gasteiger charge is -2.31. The number of carbonyl (C=O) groups excluding carboxylic acids is 1. The van der Waals surface area contributed by atoms with Gasteiger partial charge in [0.15, 0.2) is 5.58 Å². The summed E-state index contributed by atoms with van der Waals surface area (Å²) < 4.78 is 5.85. The van der Waals surface area contributed by atoms with Gasteiger partial charge in [-0.25, -0.2) is 0 Å². The monoisotopic (exact) mass is 375 g/mol. The number of benzene rings is 1. The number of anilines is 1. The number of fused-ring (bicyclic) bond motifs is 1. The summed E-state index contributed by atoms with van der Waals surface area (Å²) in [5.74, 6) is 0.342. The van der Waals surface area contributed by atoms with Crippen molar-refractivity contribution in [2.24, 2.45) is 5.92 Å². The van der Waals surface area contributed by atoms with Crippen LogP contribution in [0.1, 0.15) is 51.4 Å². The van der Waals surface area contributed by atoms with Gasteiger partial charge in [-0.3, -0.25) is 4.79 Å². The highest BCUT2D eigenvalue weighted by molar-refractivity contribution is 6.31. The van der Waals surface area contributed by atoms with Crippen LogP contribution in [0.5, 0.6) is 0 Å². The fraction of sp³-hybridized carbons (Fsp3) is 0.600. The SMILES string of the molecule is O=C(NC1CCCCCC1)C1CCN(c2nc3cc(Cl)ccc3o2)CC1. The van der Waals surface area contributed by atoms with E-state index < -0.39 is 0 Å². The molecule has 0 radical (unpaired) electrons. The van der Waals surface area contributed by atoms with Crippen molar-refractivity contribution in [3.05, 3.63) is 23.2 Å². The van der Waals surface area contributed by atoms with Crippen LogP contribution >= 0.6 is 11.6 Å². The molecule has 1 saturated carbocycles. The molecule has 26 heavy (non-hydrogen) atoms. The highest BCUT2D eigenvalue weighted by Gasteiger charge is 2.28. The zero-order valence-electron chi connectivity index (χ0n) is 15.0. The Bertz CT molecular complexity index is 760. The molecule has 1 N–H and O–H groups in total. The maximum Gasteiger partial charge on any atom is 0.298 e. The van der Waals surface area contributed by atoms with Crippen molar-refractivity contribution >= 4 is 34.6 Å². The van der Waals surface area contributed by atoms with E-state index in [0.717, 1.165) is 49.9 Å². The first-order valence-electron chi connectivity index (χ1n) is 9.80. The summed E-state index contributed by atoms with van der Waals surface area (Å²) in [7, 11) is 0. The number of hydrogen-bond donors (Lipinski definition) is 1. The fourth-order valence-corrected chi connectivity index (χ4v) is 4.27. The van der Waals surface area contributed by atoms with Crippen molar-refractivity contribution in [2.75, 3.05) is 18.0 Å². The van der Waals surface area contributed by atoms with Crippen LogP contribution in [0.3, 0.4) is 0 Å². The zero-order chi connectivity index (χ0) is 17.9. The third-order valence-corrected chi connectivity index (χ3v) is 5.91. The number of amides is 1. The number of nitrogens with zero attached hydrogens (tertiary/aromatic N) is 2. The summed E-state index contributed by atoms with van der Waals surface area (Å²) in [6.45, 7) is 1.59. The highest BCUT2D eigenvalue weighted by Crippen LogP contribution is 2.28. The molecule has 1 amide bonds. The van der Waals surface area contributed by atoms with E-state index in [1.165, 1.54) is 25.7 Å². The Morgan fingerprint density at radius 2 is 1.85 bits per heavy atom. The van der Waals surface area contributed by atoms with E-state index in [4.69, 9.17) is 16.0 Å². The number of rotatable bonds is 3. The molecule has 1 aliphatic heterocycles. The lowest BCUT2D eigenvalue weighted by Crippen LogP contribution is -2.43. The number of aromatic nitrogens is 1. The van der Waals surface area contributed by atoms with Gasteiger partial charge in [0, 0.05) is 30.1 Å². The molecule has 0 spiro atoms. The summed E-state index contributed by atoms with van der Waals surface area (Å²) in [5.41, 5.74) is 1.53. The molecule has 2 aliphatic rings. The minimum Gasteiger partial charge on any atom is -0.423 e. The molecular weight excluding hydrogens is 350 g/mol. The first kappa shape index (κ1) is 17.7. The molecule has 5 nitrogen and oxygen atoms in total. The zero-order valence-corrected chi connectivity index (χ0v) is 15.8. The highest BCUT2D eigenvalue weighted by atomic mass is 35.5. The molecule has 2 aromatic rings. The summed E-state index contributed by atoms with van der Waals surface area (Å²) >= 11 is 6.02. The van der Waals surface area contributed by atoms with Gasteiger partial charge in [0.25, 0.3) is 6.01 Å². The second-order valence-corrected chi connectivity index (χ2v) is 8.00. The minimum atomic E-state index is 0.105. The first-order chi connectivity index (χ1) is 12.7. The molecular formula is C20H26ClN3O2. The molecule has 0 atom stereocenters. The predicted octanol–water partition coefficient (Wildman–Crippen LogP) is 4.54. The molecule has 0 unspecified atom stereocenters. The quantitative estimate of drug-likeness (QED) is 0.800. The summed E-state index contributed by atoms with van der Waals surface area (Å²) in [6, 6.07) is 6.48. The van der Waals surface area contributed by atoms with Crippen LogP contribution in [0.2, 0.25) is 5.02 Å². The molecule has 2 heterocycles. The second-order valence-electron chi connectivity index (χ2n) is 7.57. The number of oxazole rings is 1. The van der Waals surface area contributed by atoms with Gasteiger partial charge in [0.05, 0.1) is 0 Å². The second kappa shape index (κ2) is 7.87. The van der Waals surface area contributed by atoms with Gasteiger partial charge in [-0.1, -0.05) is 37.3 Å². The number of hydrogen-bond acceptors (Lipinski definition) is 4. The van der Waals surface area contributed by atoms with Crippen molar-refractivity contribution in [1.29, 1.82) is 0 Å². The lowest BCUT2D eigenvalue weighted by molar-refractivity contribution is -0.126. The van der Waals surface area contributed by atoms with Crippen LogP contribution in [0, 0.1) is 5.92 Å². The molecule has 4 rings (SSSR count).